The van der Waals surface area contributed by atoms with Gasteiger partial charge in [-0.25, -0.2) is 18.1 Å². The first-order valence-electron chi connectivity index (χ1n) is 9.57. The standard InChI is InChI=1S/C19H22ClN5O4S/c1-21-30(28,29)19(6-7-19)12-24-8-9-25-15(18(24)27)11-22-16(25)17(26)23-10-13-2-4-14(20)5-3-13/h2-5,11,21H,6-10,12H2,1H3,(H,23,26). The normalized spacial score (nSPS) is 17.5. The minimum absolute atomic E-state index is 0.137. The lowest BCUT2D eigenvalue weighted by molar-refractivity contribution is 0.0698. The third-order valence-corrected chi connectivity index (χ3v) is 8.12. The van der Waals surface area contributed by atoms with Gasteiger partial charge < -0.3 is 14.8 Å². The number of halogens is 1. The van der Waals surface area contributed by atoms with Crippen molar-refractivity contribution in [1.29, 1.82) is 0 Å². The minimum Gasteiger partial charge on any atom is -0.345 e. The summed E-state index contributed by atoms with van der Waals surface area (Å²) in [4.78, 5) is 31.1. The molecule has 2 aliphatic rings. The lowest BCUT2D eigenvalue weighted by atomic mass is 10.2. The first-order chi connectivity index (χ1) is 14.3. The Morgan fingerprint density at radius 1 is 1.23 bits per heavy atom. The molecule has 1 saturated carbocycles. The fraction of sp³-hybridized carbons (Fsp3) is 0.421. The Hall–Kier alpha value is -2.43. The topological polar surface area (TPSA) is 113 Å². The first-order valence-corrected chi connectivity index (χ1v) is 11.4. The molecule has 2 N–H and O–H groups in total. The van der Waals surface area contributed by atoms with Crippen LogP contribution in [0.4, 0.5) is 0 Å². The van der Waals surface area contributed by atoms with Gasteiger partial charge in [-0.1, -0.05) is 23.7 Å². The molecule has 2 aromatic rings. The summed E-state index contributed by atoms with van der Waals surface area (Å²) in [6.45, 7) is 1.14. The number of sulfonamides is 1. The number of hydrogen-bond donors (Lipinski definition) is 2. The maximum atomic E-state index is 12.9. The monoisotopic (exact) mass is 451 g/mol. The smallest absolute Gasteiger partial charge is 0.287 e. The number of benzene rings is 1. The number of nitrogens with one attached hydrogen (secondary N) is 2. The SMILES string of the molecule is CNS(=O)(=O)C1(CN2CCn3c(cnc3C(=O)NCc3ccc(Cl)cc3)C2=O)CC1. The van der Waals surface area contributed by atoms with E-state index in [-0.39, 0.29) is 29.9 Å². The molecule has 160 valence electrons. The molecule has 0 bridgehead atoms. The predicted octanol–water partition coefficient (Wildman–Crippen LogP) is 1.00. The molecule has 1 fully saturated rings. The van der Waals surface area contributed by atoms with Crippen molar-refractivity contribution in [3.8, 4) is 0 Å². The van der Waals surface area contributed by atoms with Gasteiger partial charge in [-0.3, -0.25) is 9.59 Å². The minimum atomic E-state index is -3.47. The van der Waals surface area contributed by atoms with Crippen LogP contribution in [0.2, 0.25) is 5.02 Å². The van der Waals surface area contributed by atoms with Crippen molar-refractivity contribution >= 4 is 33.4 Å². The molecule has 4 rings (SSSR count). The van der Waals surface area contributed by atoms with Gasteiger partial charge in [-0.05, 0) is 37.6 Å². The third-order valence-electron chi connectivity index (χ3n) is 5.65. The van der Waals surface area contributed by atoms with Crippen molar-refractivity contribution in [3.63, 3.8) is 0 Å². The number of amides is 2. The van der Waals surface area contributed by atoms with Crippen molar-refractivity contribution in [2.24, 2.45) is 0 Å². The van der Waals surface area contributed by atoms with Crippen molar-refractivity contribution < 1.29 is 18.0 Å². The Morgan fingerprint density at radius 2 is 1.93 bits per heavy atom. The molecule has 0 radical (unpaired) electrons. The van der Waals surface area contributed by atoms with Crippen LogP contribution >= 0.6 is 11.6 Å². The Morgan fingerprint density at radius 3 is 2.57 bits per heavy atom. The molecule has 2 amide bonds. The first kappa shape index (κ1) is 20.8. The van der Waals surface area contributed by atoms with Crippen molar-refractivity contribution in [1.82, 2.24) is 24.5 Å². The molecule has 11 heteroatoms. The van der Waals surface area contributed by atoms with Gasteiger partial charge in [-0.2, -0.15) is 0 Å². The highest BCUT2D eigenvalue weighted by molar-refractivity contribution is 7.91. The molecule has 0 spiro atoms. The average Bonchev–Trinajstić information content (AvgIpc) is 3.40. The van der Waals surface area contributed by atoms with Crippen LogP contribution in [0.25, 0.3) is 0 Å². The highest BCUT2D eigenvalue weighted by Gasteiger charge is 2.55. The van der Waals surface area contributed by atoms with Gasteiger partial charge in [0.1, 0.15) is 10.4 Å². The predicted molar refractivity (Wildman–Crippen MR) is 111 cm³/mol. The second-order valence-corrected chi connectivity index (χ2v) is 10.3. The van der Waals surface area contributed by atoms with Crippen molar-refractivity contribution in [2.75, 3.05) is 20.1 Å². The molecule has 1 aromatic heterocycles. The number of nitrogens with zero attached hydrogens (tertiary/aromatic N) is 3. The number of fused-ring (bicyclic) bond motifs is 1. The maximum Gasteiger partial charge on any atom is 0.287 e. The molecular formula is C19H22ClN5O4S. The third kappa shape index (κ3) is 3.70. The van der Waals surface area contributed by atoms with Crippen LogP contribution in [0, 0.1) is 0 Å². The zero-order valence-electron chi connectivity index (χ0n) is 16.4. The highest BCUT2D eigenvalue weighted by atomic mass is 35.5. The zero-order chi connectivity index (χ0) is 21.5. The molecule has 9 nitrogen and oxygen atoms in total. The average molecular weight is 452 g/mol. The molecule has 0 unspecified atom stereocenters. The number of hydrogen-bond acceptors (Lipinski definition) is 5. The van der Waals surface area contributed by atoms with Gasteiger partial charge in [0.25, 0.3) is 11.8 Å². The summed E-state index contributed by atoms with van der Waals surface area (Å²) in [6, 6.07) is 7.12. The van der Waals surface area contributed by atoms with Crippen LogP contribution in [-0.2, 0) is 23.1 Å². The number of imidazole rings is 1. The van der Waals surface area contributed by atoms with Gasteiger partial charge in [0.15, 0.2) is 5.82 Å². The van der Waals surface area contributed by atoms with Gasteiger partial charge in [0.2, 0.25) is 10.0 Å². The summed E-state index contributed by atoms with van der Waals surface area (Å²) < 4.78 is 27.6. The lowest BCUT2D eigenvalue weighted by Gasteiger charge is -2.31. The largest absolute Gasteiger partial charge is 0.345 e. The van der Waals surface area contributed by atoms with Gasteiger partial charge >= 0.3 is 0 Å². The van der Waals surface area contributed by atoms with Gasteiger partial charge in [0, 0.05) is 31.2 Å². The van der Waals surface area contributed by atoms with E-state index in [4.69, 9.17) is 11.6 Å². The van der Waals surface area contributed by atoms with Gasteiger partial charge in [-0.15, -0.1) is 0 Å². The number of carbonyl (C=O) groups is 2. The number of rotatable bonds is 7. The van der Waals surface area contributed by atoms with Crippen LogP contribution in [0.15, 0.2) is 30.5 Å². The fourth-order valence-electron chi connectivity index (χ4n) is 3.67. The summed E-state index contributed by atoms with van der Waals surface area (Å²) in [5.41, 5.74) is 1.18. The van der Waals surface area contributed by atoms with E-state index in [1.165, 1.54) is 18.1 Å². The van der Waals surface area contributed by atoms with Gasteiger partial charge in [0.05, 0.1) is 6.20 Å². The Kier molecular flexibility index (Phi) is 5.33. The summed E-state index contributed by atoms with van der Waals surface area (Å²) >= 11 is 5.86. The van der Waals surface area contributed by atoms with Crippen molar-refractivity contribution in [2.45, 2.75) is 30.7 Å². The molecule has 1 aliphatic heterocycles. The second kappa shape index (κ2) is 7.68. The molecule has 30 heavy (non-hydrogen) atoms. The highest BCUT2D eigenvalue weighted by Crippen LogP contribution is 2.44. The van der Waals surface area contributed by atoms with Crippen molar-refractivity contribution in [3.05, 3.63) is 52.6 Å². The summed E-state index contributed by atoms with van der Waals surface area (Å²) in [5.74, 6) is -0.534. The molecule has 0 saturated heterocycles. The molecule has 1 aliphatic carbocycles. The van der Waals surface area contributed by atoms with Crippen LogP contribution in [0.1, 0.15) is 39.5 Å². The quantitative estimate of drug-likeness (QED) is 0.652. The Labute approximate surface area is 179 Å². The molecular weight excluding hydrogens is 430 g/mol. The second-order valence-electron chi connectivity index (χ2n) is 7.55. The van der Waals surface area contributed by atoms with E-state index >= 15 is 0 Å². The number of carbonyl (C=O) groups excluding carboxylic acids is 2. The van der Waals surface area contributed by atoms with Crippen LogP contribution in [-0.4, -0.2) is 59.6 Å². The van der Waals surface area contributed by atoms with E-state index in [0.29, 0.717) is 37.5 Å². The van der Waals surface area contributed by atoms with Crippen LogP contribution in [0.5, 0.6) is 0 Å². The lowest BCUT2D eigenvalue weighted by Crippen LogP contribution is -2.49. The number of aromatic nitrogens is 2. The fourth-order valence-corrected chi connectivity index (χ4v) is 5.19. The summed E-state index contributed by atoms with van der Waals surface area (Å²) in [6.07, 6.45) is 2.42. The van der Waals surface area contributed by atoms with E-state index in [2.05, 4.69) is 15.0 Å². The van der Waals surface area contributed by atoms with E-state index in [0.717, 1.165) is 5.56 Å². The van der Waals surface area contributed by atoms with E-state index in [1.807, 2.05) is 12.1 Å². The van der Waals surface area contributed by atoms with Crippen LogP contribution < -0.4 is 10.0 Å². The van der Waals surface area contributed by atoms with E-state index in [1.54, 1.807) is 16.7 Å². The maximum absolute atomic E-state index is 12.9. The Bertz CT molecular complexity index is 1090. The van der Waals surface area contributed by atoms with E-state index in [9.17, 15) is 18.0 Å². The molecule has 1 aromatic carbocycles. The van der Waals surface area contributed by atoms with Crippen LogP contribution in [0.3, 0.4) is 0 Å². The summed E-state index contributed by atoms with van der Waals surface area (Å²) in [7, 11) is -2.08. The molecule has 0 atom stereocenters. The van der Waals surface area contributed by atoms with E-state index < -0.39 is 14.8 Å². The molecule has 2 heterocycles. The zero-order valence-corrected chi connectivity index (χ0v) is 18.0. The summed E-state index contributed by atoms with van der Waals surface area (Å²) in [5, 5.41) is 3.41. The Balaban J connectivity index is 1.45.